The zero-order valence-electron chi connectivity index (χ0n) is 12.4. The van der Waals surface area contributed by atoms with E-state index in [0.717, 1.165) is 11.3 Å². The number of hydrogen-bond donors (Lipinski definition) is 1. The zero-order chi connectivity index (χ0) is 16.1. The van der Waals surface area contributed by atoms with Crippen LogP contribution in [0, 0.1) is 11.3 Å². The maximum atomic E-state index is 12.4. The van der Waals surface area contributed by atoms with Gasteiger partial charge >= 0.3 is 5.63 Å². The van der Waals surface area contributed by atoms with Gasteiger partial charge in [-0.3, -0.25) is 4.79 Å². The Labute approximate surface area is 131 Å². The van der Waals surface area contributed by atoms with Crippen LogP contribution in [0.2, 0.25) is 0 Å². The number of anilines is 1. The number of rotatable bonds is 1. The lowest BCUT2D eigenvalue weighted by Crippen LogP contribution is -2.23. The number of nitrogens with one attached hydrogen (secondary N) is 1. The van der Waals surface area contributed by atoms with Crippen molar-refractivity contribution in [1.29, 1.82) is 5.26 Å². The van der Waals surface area contributed by atoms with Gasteiger partial charge in [0.25, 0.3) is 0 Å². The van der Waals surface area contributed by atoms with E-state index in [2.05, 4.69) is 11.4 Å². The van der Waals surface area contributed by atoms with Gasteiger partial charge in [-0.1, -0.05) is 12.1 Å². The summed E-state index contributed by atoms with van der Waals surface area (Å²) in [4.78, 5) is 24.7. The average Bonchev–Trinajstić information content (AvgIpc) is 3.07. The van der Waals surface area contributed by atoms with Gasteiger partial charge in [-0.25, -0.2) is 4.79 Å². The van der Waals surface area contributed by atoms with Gasteiger partial charge in [0.05, 0.1) is 23.1 Å². The van der Waals surface area contributed by atoms with Crippen molar-refractivity contribution in [3.05, 3.63) is 62.6 Å². The summed E-state index contributed by atoms with van der Waals surface area (Å²) < 4.78 is 6.57. The van der Waals surface area contributed by atoms with E-state index in [1.54, 1.807) is 25.2 Å². The second kappa shape index (κ2) is 4.71. The third-order valence-electron chi connectivity index (χ3n) is 4.43. The topological polar surface area (TPSA) is 88.0 Å². The molecule has 0 saturated heterocycles. The Balaban J connectivity index is 2.00. The van der Waals surface area contributed by atoms with E-state index in [9.17, 15) is 9.59 Å². The number of aryl methyl sites for hydroxylation is 1. The molecule has 0 saturated carbocycles. The number of carbonyl (C=O) groups excluding carboxylic acids is 1. The first kappa shape index (κ1) is 13.6. The minimum absolute atomic E-state index is 0.0359. The Hall–Kier alpha value is -3.07. The van der Waals surface area contributed by atoms with E-state index >= 15 is 0 Å². The number of fused-ring (bicyclic) bond motifs is 1. The van der Waals surface area contributed by atoms with Gasteiger partial charge in [0.15, 0.2) is 11.6 Å². The first-order valence-corrected chi connectivity index (χ1v) is 7.33. The molecule has 0 bridgehead atoms. The fourth-order valence-electron chi connectivity index (χ4n) is 3.44. The third-order valence-corrected chi connectivity index (χ3v) is 4.43. The summed E-state index contributed by atoms with van der Waals surface area (Å²) >= 11 is 0. The van der Waals surface area contributed by atoms with Crippen LogP contribution in [0.5, 0.6) is 0 Å². The summed E-state index contributed by atoms with van der Waals surface area (Å²) in [5.74, 6) is 0.131. The smallest absolute Gasteiger partial charge is 0.342 e. The lowest BCUT2D eigenvalue weighted by atomic mass is 9.82. The van der Waals surface area contributed by atoms with Gasteiger partial charge in [-0.05, 0) is 24.1 Å². The van der Waals surface area contributed by atoms with Crippen molar-refractivity contribution in [1.82, 2.24) is 4.74 Å². The van der Waals surface area contributed by atoms with E-state index < -0.39 is 11.5 Å². The van der Waals surface area contributed by atoms with Gasteiger partial charge in [0.2, 0.25) is 0 Å². The van der Waals surface area contributed by atoms with Gasteiger partial charge < -0.3 is 9.84 Å². The van der Waals surface area contributed by atoms with Crippen LogP contribution in [-0.4, -0.2) is 10.5 Å². The lowest BCUT2D eigenvalue weighted by Gasteiger charge is -2.25. The van der Waals surface area contributed by atoms with Crippen molar-refractivity contribution < 1.29 is 9.32 Å². The summed E-state index contributed by atoms with van der Waals surface area (Å²) in [7, 11) is 1.65. The molecule has 6 nitrogen and oxygen atoms in total. The highest BCUT2D eigenvalue weighted by molar-refractivity contribution is 6.02. The van der Waals surface area contributed by atoms with Crippen LogP contribution in [0.25, 0.3) is 0 Å². The monoisotopic (exact) mass is 307 g/mol. The average molecular weight is 307 g/mol. The van der Waals surface area contributed by atoms with Crippen LogP contribution in [-0.2, 0) is 11.8 Å². The highest BCUT2D eigenvalue weighted by Gasteiger charge is 2.40. The molecule has 6 heteroatoms. The minimum atomic E-state index is -0.484. The third kappa shape index (κ3) is 1.87. The van der Waals surface area contributed by atoms with Crippen molar-refractivity contribution >= 4 is 11.6 Å². The van der Waals surface area contributed by atoms with Crippen molar-refractivity contribution in [2.45, 2.75) is 18.8 Å². The maximum absolute atomic E-state index is 12.4. The molecule has 2 aromatic rings. The van der Waals surface area contributed by atoms with Crippen molar-refractivity contribution in [2.24, 2.45) is 7.05 Å². The zero-order valence-corrected chi connectivity index (χ0v) is 12.4. The number of hydrogen-bond acceptors (Lipinski definition) is 5. The standard InChI is InChI=1S/C17H13N3O3/c1-20-16-15(17(22)23-20)13(10-4-2-3-9(7-10)8-18)14-11(19-16)5-6-12(14)21/h2-4,7,13,19H,5-6H2,1H3. The fourth-order valence-corrected chi connectivity index (χ4v) is 3.44. The minimum Gasteiger partial charge on any atom is -0.342 e. The van der Waals surface area contributed by atoms with E-state index in [0.29, 0.717) is 35.4 Å². The molecule has 23 heavy (non-hydrogen) atoms. The molecule has 1 unspecified atom stereocenters. The second-order valence-corrected chi connectivity index (χ2v) is 5.75. The van der Waals surface area contributed by atoms with Crippen LogP contribution in [0.4, 0.5) is 5.82 Å². The molecule has 2 aliphatic rings. The molecule has 0 amide bonds. The molecular formula is C17H13N3O3. The largest absolute Gasteiger partial charge is 0.363 e. The Kier molecular flexibility index (Phi) is 2.78. The van der Waals surface area contributed by atoms with Crippen LogP contribution < -0.4 is 10.9 Å². The first-order valence-electron chi connectivity index (χ1n) is 7.33. The summed E-state index contributed by atoms with van der Waals surface area (Å²) in [6.07, 6.45) is 1.06. The Morgan fingerprint density at radius 3 is 2.96 bits per heavy atom. The lowest BCUT2D eigenvalue weighted by molar-refractivity contribution is -0.115. The molecule has 2 heterocycles. The second-order valence-electron chi connectivity index (χ2n) is 5.75. The molecule has 1 aliphatic heterocycles. The number of benzene rings is 1. The molecule has 1 N–H and O–H groups in total. The number of Topliss-reactive ketones (excluding diaryl/α,β-unsaturated/α-hetero) is 1. The molecule has 114 valence electrons. The normalized spacial score (nSPS) is 19.1. The molecule has 0 fully saturated rings. The summed E-state index contributed by atoms with van der Waals surface area (Å²) in [6, 6.07) is 9.12. The quantitative estimate of drug-likeness (QED) is 0.871. The molecule has 1 aliphatic carbocycles. The number of nitrogens with zero attached hydrogens (tertiary/aromatic N) is 2. The Morgan fingerprint density at radius 1 is 1.35 bits per heavy atom. The number of allylic oxidation sites excluding steroid dienone is 2. The number of nitriles is 1. The molecule has 1 aromatic heterocycles. The van der Waals surface area contributed by atoms with Crippen LogP contribution in [0.15, 0.2) is 44.9 Å². The summed E-state index contributed by atoms with van der Waals surface area (Å²) in [6.45, 7) is 0. The summed E-state index contributed by atoms with van der Waals surface area (Å²) in [5.41, 5.74) is 2.67. The van der Waals surface area contributed by atoms with Crippen LogP contribution >= 0.6 is 0 Å². The van der Waals surface area contributed by atoms with Crippen LogP contribution in [0.1, 0.15) is 35.4 Å². The highest BCUT2D eigenvalue weighted by Crippen LogP contribution is 2.44. The summed E-state index contributed by atoms with van der Waals surface area (Å²) in [5, 5.41) is 12.3. The molecule has 1 atom stereocenters. The van der Waals surface area contributed by atoms with E-state index in [-0.39, 0.29) is 5.78 Å². The molecule has 0 spiro atoms. The van der Waals surface area contributed by atoms with Gasteiger partial charge in [0.1, 0.15) is 0 Å². The van der Waals surface area contributed by atoms with Gasteiger partial charge in [-0.15, -0.1) is 0 Å². The van der Waals surface area contributed by atoms with Gasteiger partial charge in [-0.2, -0.15) is 10.0 Å². The van der Waals surface area contributed by atoms with E-state index in [4.69, 9.17) is 9.78 Å². The number of aromatic nitrogens is 1. The van der Waals surface area contributed by atoms with Crippen molar-refractivity contribution in [3.63, 3.8) is 0 Å². The highest BCUT2D eigenvalue weighted by atomic mass is 16.5. The SMILES string of the molecule is Cn1oc(=O)c2c1NC1=C(C(=O)CC1)C2c1cccc(C#N)c1. The van der Waals surface area contributed by atoms with Crippen LogP contribution in [0.3, 0.4) is 0 Å². The Bertz CT molecular complexity index is 972. The predicted octanol–water partition coefficient (Wildman–Crippen LogP) is 2.02. The molecule has 4 rings (SSSR count). The van der Waals surface area contributed by atoms with E-state index in [1.165, 1.54) is 4.74 Å². The fraction of sp³-hybridized carbons (Fsp3) is 0.235. The first-order chi connectivity index (χ1) is 11.1. The number of carbonyl (C=O) groups is 1. The predicted molar refractivity (Wildman–Crippen MR) is 81.8 cm³/mol. The maximum Gasteiger partial charge on any atom is 0.363 e. The van der Waals surface area contributed by atoms with Gasteiger partial charge in [0, 0.05) is 24.7 Å². The Morgan fingerprint density at radius 2 is 2.17 bits per heavy atom. The molecular weight excluding hydrogens is 294 g/mol. The molecule has 0 radical (unpaired) electrons. The van der Waals surface area contributed by atoms with Crippen molar-refractivity contribution in [2.75, 3.05) is 5.32 Å². The van der Waals surface area contributed by atoms with Crippen molar-refractivity contribution in [3.8, 4) is 6.07 Å². The van der Waals surface area contributed by atoms with E-state index in [1.807, 2.05) is 6.07 Å². The molecule has 1 aromatic carbocycles. The number of ketones is 1.